The summed E-state index contributed by atoms with van der Waals surface area (Å²) in [6.07, 6.45) is 2.46. The number of aromatic amines is 1. The molecule has 0 aliphatic carbocycles. The van der Waals surface area contributed by atoms with Gasteiger partial charge in [0.15, 0.2) is 0 Å². The number of hydrogen-bond acceptors (Lipinski definition) is 2. The fraction of sp³-hybridized carbons (Fsp3) is 0.211. The third kappa shape index (κ3) is 3.43. The maximum absolute atomic E-state index is 12.5. The van der Waals surface area contributed by atoms with Crippen LogP contribution in [0.2, 0.25) is 0 Å². The average Bonchev–Trinajstić information content (AvgIpc) is 3.07. The van der Waals surface area contributed by atoms with Crippen molar-refractivity contribution in [3.8, 4) is 0 Å². The monoisotopic (exact) mass is 308 g/mol. The lowest BCUT2D eigenvalue weighted by atomic mass is 9.96. The van der Waals surface area contributed by atoms with Gasteiger partial charge in [-0.05, 0) is 30.2 Å². The number of amides is 1. The van der Waals surface area contributed by atoms with Crippen LogP contribution in [0, 0.1) is 0 Å². The zero-order valence-corrected chi connectivity index (χ0v) is 12.8. The van der Waals surface area contributed by atoms with Gasteiger partial charge >= 0.3 is 0 Å². The van der Waals surface area contributed by atoms with E-state index in [-0.39, 0.29) is 18.4 Å². The first kappa shape index (κ1) is 15.3. The topological polar surface area (TPSA) is 65.1 Å². The van der Waals surface area contributed by atoms with Crippen molar-refractivity contribution in [3.63, 3.8) is 0 Å². The summed E-state index contributed by atoms with van der Waals surface area (Å²) in [5.41, 5.74) is 2.74. The van der Waals surface area contributed by atoms with E-state index in [1.807, 2.05) is 60.8 Å². The SMILES string of the molecule is O=C(NCC(CCO)c1ccccc1)c1cccc2[nH]ccc12. The molecule has 0 radical (unpaired) electrons. The van der Waals surface area contributed by atoms with Crippen LogP contribution in [0.5, 0.6) is 0 Å². The Morgan fingerprint density at radius 1 is 1.09 bits per heavy atom. The summed E-state index contributed by atoms with van der Waals surface area (Å²) in [6, 6.07) is 17.5. The highest BCUT2D eigenvalue weighted by Gasteiger charge is 2.15. The lowest BCUT2D eigenvalue weighted by Crippen LogP contribution is -2.29. The van der Waals surface area contributed by atoms with Gasteiger partial charge in [0.1, 0.15) is 0 Å². The van der Waals surface area contributed by atoms with Gasteiger partial charge in [-0.1, -0.05) is 36.4 Å². The summed E-state index contributed by atoms with van der Waals surface area (Å²) in [5.74, 6) is 0.0182. The molecular formula is C19H20N2O2. The summed E-state index contributed by atoms with van der Waals surface area (Å²) in [7, 11) is 0. The molecule has 1 unspecified atom stereocenters. The summed E-state index contributed by atoms with van der Waals surface area (Å²) in [4.78, 5) is 15.6. The highest BCUT2D eigenvalue weighted by atomic mass is 16.3. The van der Waals surface area contributed by atoms with E-state index in [4.69, 9.17) is 0 Å². The molecule has 3 rings (SSSR count). The van der Waals surface area contributed by atoms with Crippen molar-refractivity contribution in [3.05, 3.63) is 71.9 Å². The smallest absolute Gasteiger partial charge is 0.251 e. The Labute approximate surface area is 135 Å². The van der Waals surface area contributed by atoms with E-state index in [1.54, 1.807) is 0 Å². The van der Waals surface area contributed by atoms with Gasteiger partial charge in [0, 0.05) is 41.7 Å². The number of aliphatic hydroxyl groups excluding tert-OH is 1. The van der Waals surface area contributed by atoms with E-state index in [0.29, 0.717) is 18.5 Å². The van der Waals surface area contributed by atoms with Gasteiger partial charge in [-0.25, -0.2) is 0 Å². The van der Waals surface area contributed by atoms with Crippen molar-refractivity contribution < 1.29 is 9.90 Å². The maximum atomic E-state index is 12.5. The molecule has 0 aliphatic heterocycles. The predicted octanol–water partition coefficient (Wildman–Crippen LogP) is 3.06. The zero-order valence-electron chi connectivity index (χ0n) is 12.8. The Morgan fingerprint density at radius 2 is 1.91 bits per heavy atom. The van der Waals surface area contributed by atoms with Crippen LogP contribution in [0.3, 0.4) is 0 Å². The number of benzene rings is 2. The van der Waals surface area contributed by atoms with Crippen molar-refractivity contribution in [2.24, 2.45) is 0 Å². The molecule has 0 saturated carbocycles. The molecule has 0 bridgehead atoms. The summed E-state index contributed by atoms with van der Waals surface area (Å²) in [6.45, 7) is 0.604. The van der Waals surface area contributed by atoms with E-state index in [2.05, 4.69) is 10.3 Å². The van der Waals surface area contributed by atoms with Crippen molar-refractivity contribution in [1.82, 2.24) is 10.3 Å². The number of H-pyrrole nitrogens is 1. The summed E-state index contributed by atoms with van der Waals surface area (Å²) >= 11 is 0. The Balaban J connectivity index is 1.73. The molecule has 2 aromatic carbocycles. The van der Waals surface area contributed by atoms with E-state index >= 15 is 0 Å². The van der Waals surface area contributed by atoms with E-state index in [0.717, 1.165) is 16.5 Å². The van der Waals surface area contributed by atoms with Gasteiger partial charge in [0.2, 0.25) is 0 Å². The van der Waals surface area contributed by atoms with Crippen LogP contribution in [0.1, 0.15) is 28.3 Å². The number of carbonyl (C=O) groups excluding carboxylic acids is 1. The Hall–Kier alpha value is -2.59. The molecule has 3 N–H and O–H groups in total. The molecule has 1 aromatic heterocycles. The first-order valence-corrected chi connectivity index (χ1v) is 7.79. The number of aromatic nitrogens is 1. The van der Waals surface area contributed by atoms with Crippen LogP contribution in [0.15, 0.2) is 60.8 Å². The van der Waals surface area contributed by atoms with Crippen LogP contribution >= 0.6 is 0 Å². The van der Waals surface area contributed by atoms with Crippen LogP contribution in [-0.4, -0.2) is 29.1 Å². The average molecular weight is 308 g/mol. The molecular weight excluding hydrogens is 288 g/mol. The maximum Gasteiger partial charge on any atom is 0.251 e. The van der Waals surface area contributed by atoms with Gasteiger partial charge in [0.25, 0.3) is 5.91 Å². The van der Waals surface area contributed by atoms with Gasteiger partial charge < -0.3 is 15.4 Å². The van der Waals surface area contributed by atoms with Crippen LogP contribution in [0.25, 0.3) is 10.9 Å². The summed E-state index contributed by atoms with van der Waals surface area (Å²) in [5, 5.41) is 13.2. The molecule has 4 nitrogen and oxygen atoms in total. The van der Waals surface area contributed by atoms with Crippen LogP contribution < -0.4 is 5.32 Å². The highest BCUT2D eigenvalue weighted by Crippen LogP contribution is 2.20. The molecule has 0 aliphatic rings. The first-order valence-electron chi connectivity index (χ1n) is 7.79. The molecule has 1 amide bonds. The minimum Gasteiger partial charge on any atom is -0.396 e. The Kier molecular flexibility index (Phi) is 4.74. The van der Waals surface area contributed by atoms with Crippen molar-refractivity contribution in [2.45, 2.75) is 12.3 Å². The minimum absolute atomic E-state index is 0.0888. The number of nitrogens with one attached hydrogen (secondary N) is 2. The second-order valence-electron chi connectivity index (χ2n) is 5.57. The molecule has 23 heavy (non-hydrogen) atoms. The predicted molar refractivity (Wildman–Crippen MR) is 91.5 cm³/mol. The molecule has 3 aromatic rings. The number of hydrogen-bond donors (Lipinski definition) is 3. The third-order valence-corrected chi connectivity index (χ3v) is 4.10. The van der Waals surface area contributed by atoms with Crippen molar-refractivity contribution >= 4 is 16.8 Å². The van der Waals surface area contributed by atoms with Crippen LogP contribution in [0.4, 0.5) is 0 Å². The van der Waals surface area contributed by atoms with E-state index in [9.17, 15) is 9.90 Å². The number of fused-ring (bicyclic) bond motifs is 1. The standard InChI is InChI=1S/C19H20N2O2/c22-12-10-15(14-5-2-1-3-6-14)13-21-19(23)17-7-4-8-18-16(17)9-11-20-18/h1-9,11,15,20,22H,10,12-13H2,(H,21,23). The second kappa shape index (κ2) is 7.11. The first-order chi connectivity index (χ1) is 11.3. The third-order valence-electron chi connectivity index (χ3n) is 4.10. The molecule has 1 heterocycles. The number of aliphatic hydroxyl groups is 1. The molecule has 0 saturated heterocycles. The zero-order chi connectivity index (χ0) is 16.1. The fourth-order valence-corrected chi connectivity index (χ4v) is 2.86. The van der Waals surface area contributed by atoms with Crippen molar-refractivity contribution in [2.75, 3.05) is 13.2 Å². The molecule has 1 atom stereocenters. The lowest BCUT2D eigenvalue weighted by Gasteiger charge is -2.17. The Bertz CT molecular complexity index is 780. The van der Waals surface area contributed by atoms with Crippen LogP contribution in [-0.2, 0) is 0 Å². The van der Waals surface area contributed by atoms with Gasteiger partial charge in [-0.2, -0.15) is 0 Å². The van der Waals surface area contributed by atoms with Gasteiger partial charge in [0.05, 0.1) is 0 Å². The largest absolute Gasteiger partial charge is 0.396 e. The van der Waals surface area contributed by atoms with E-state index < -0.39 is 0 Å². The Morgan fingerprint density at radius 3 is 2.70 bits per heavy atom. The van der Waals surface area contributed by atoms with Crippen molar-refractivity contribution in [1.29, 1.82) is 0 Å². The summed E-state index contributed by atoms with van der Waals surface area (Å²) < 4.78 is 0. The highest BCUT2D eigenvalue weighted by molar-refractivity contribution is 6.06. The molecule has 118 valence electrons. The van der Waals surface area contributed by atoms with E-state index in [1.165, 1.54) is 0 Å². The van der Waals surface area contributed by atoms with Gasteiger partial charge in [-0.3, -0.25) is 4.79 Å². The number of rotatable bonds is 6. The molecule has 0 fully saturated rings. The molecule has 0 spiro atoms. The number of carbonyl (C=O) groups is 1. The minimum atomic E-state index is -0.0888. The molecule has 4 heteroatoms. The normalized spacial score (nSPS) is 12.2. The fourth-order valence-electron chi connectivity index (χ4n) is 2.86. The quantitative estimate of drug-likeness (QED) is 0.655. The second-order valence-corrected chi connectivity index (χ2v) is 5.57. The van der Waals surface area contributed by atoms with Gasteiger partial charge in [-0.15, -0.1) is 0 Å². The lowest BCUT2D eigenvalue weighted by molar-refractivity contribution is 0.0951.